The Morgan fingerprint density at radius 3 is 2.41 bits per heavy atom. The predicted octanol–water partition coefficient (Wildman–Crippen LogP) is 4.10. The fraction of sp³-hybridized carbons (Fsp3) is 0.235. The summed E-state index contributed by atoms with van der Waals surface area (Å²) in [6.45, 7) is 2.73. The van der Waals surface area contributed by atoms with Crippen molar-refractivity contribution in [1.29, 1.82) is 0 Å². The lowest BCUT2D eigenvalue weighted by atomic mass is 10.2. The second kappa shape index (κ2) is 7.71. The largest absolute Gasteiger partial charge is 0.490 e. The molecule has 0 bridgehead atoms. The van der Waals surface area contributed by atoms with E-state index in [1.165, 1.54) is 7.11 Å². The Morgan fingerprint density at radius 1 is 1.05 bits per heavy atom. The first-order valence-electron chi connectivity index (χ1n) is 6.86. The third-order valence-electron chi connectivity index (χ3n) is 2.97. The summed E-state index contributed by atoms with van der Waals surface area (Å²) in [5.74, 6) is 0.675. The van der Waals surface area contributed by atoms with E-state index in [-0.39, 0.29) is 0 Å². The summed E-state index contributed by atoms with van der Waals surface area (Å²) in [4.78, 5) is 11.6. The molecule has 0 amide bonds. The molecule has 0 spiro atoms. The van der Waals surface area contributed by atoms with E-state index in [0.29, 0.717) is 35.3 Å². The first-order valence-corrected chi connectivity index (χ1v) is 7.24. The number of ether oxygens (including phenoxy) is 3. The summed E-state index contributed by atoms with van der Waals surface area (Å²) in [6.07, 6.45) is 0. The highest BCUT2D eigenvalue weighted by Crippen LogP contribution is 2.29. The van der Waals surface area contributed by atoms with Gasteiger partial charge in [-0.05, 0) is 42.8 Å². The van der Waals surface area contributed by atoms with E-state index in [1.807, 2.05) is 31.2 Å². The number of methoxy groups -OCH3 is 1. The predicted molar refractivity (Wildman–Crippen MR) is 84.7 cm³/mol. The van der Waals surface area contributed by atoms with E-state index in [4.69, 9.17) is 25.8 Å². The average Bonchev–Trinajstić information content (AvgIpc) is 2.54. The minimum absolute atomic E-state index is 0.384. The molecule has 2 aromatic rings. The molecule has 0 aliphatic rings. The molecule has 0 N–H and O–H groups in total. The van der Waals surface area contributed by atoms with E-state index in [0.717, 1.165) is 5.56 Å². The van der Waals surface area contributed by atoms with Gasteiger partial charge in [-0.3, -0.25) is 0 Å². The SMILES string of the molecule is CCOc1cc(C(=O)OC)ccc1OCc1ccc(Cl)cc1. The Labute approximate surface area is 134 Å². The van der Waals surface area contributed by atoms with Crippen molar-refractivity contribution in [2.24, 2.45) is 0 Å². The normalized spacial score (nSPS) is 10.1. The summed E-state index contributed by atoms with van der Waals surface area (Å²) >= 11 is 5.85. The van der Waals surface area contributed by atoms with Crippen molar-refractivity contribution < 1.29 is 19.0 Å². The van der Waals surface area contributed by atoms with E-state index >= 15 is 0 Å². The molecule has 116 valence electrons. The average molecular weight is 321 g/mol. The van der Waals surface area contributed by atoms with Crippen molar-refractivity contribution in [3.8, 4) is 11.5 Å². The zero-order chi connectivity index (χ0) is 15.9. The maximum atomic E-state index is 11.6. The number of benzene rings is 2. The van der Waals surface area contributed by atoms with Crippen LogP contribution in [0.2, 0.25) is 5.02 Å². The zero-order valence-electron chi connectivity index (χ0n) is 12.5. The lowest BCUT2D eigenvalue weighted by molar-refractivity contribution is 0.0600. The highest BCUT2D eigenvalue weighted by atomic mass is 35.5. The number of hydrogen-bond donors (Lipinski definition) is 0. The summed E-state index contributed by atoms with van der Waals surface area (Å²) < 4.78 is 16.0. The molecule has 22 heavy (non-hydrogen) atoms. The van der Waals surface area contributed by atoms with Crippen LogP contribution in [-0.2, 0) is 11.3 Å². The molecule has 4 nitrogen and oxygen atoms in total. The molecule has 0 radical (unpaired) electrons. The van der Waals surface area contributed by atoms with Crippen LogP contribution < -0.4 is 9.47 Å². The monoisotopic (exact) mass is 320 g/mol. The van der Waals surface area contributed by atoms with Crippen molar-refractivity contribution in [2.75, 3.05) is 13.7 Å². The van der Waals surface area contributed by atoms with Gasteiger partial charge in [0.15, 0.2) is 11.5 Å². The second-order valence-electron chi connectivity index (χ2n) is 4.50. The number of halogens is 1. The molecule has 0 aromatic heterocycles. The molecule has 2 aromatic carbocycles. The quantitative estimate of drug-likeness (QED) is 0.752. The molecule has 0 saturated heterocycles. The molecule has 0 aliphatic carbocycles. The molecular formula is C17H17ClO4. The molecule has 2 rings (SSSR count). The number of carbonyl (C=O) groups excluding carboxylic acids is 1. The lowest BCUT2D eigenvalue weighted by Crippen LogP contribution is -2.04. The number of rotatable bonds is 6. The first kappa shape index (κ1) is 16.2. The summed E-state index contributed by atoms with van der Waals surface area (Å²) in [5, 5.41) is 0.682. The highest BCUT2D eigenvalue weighted by Gasteiger charge is 2.12. The van der Waals surface area contributed by atoms with Gasteiger partial charge < -0.3 is 14.2 Å². The number of carbonyl (C=O) groups is 1. The van der Waals surface area contributed by atoms with Gasteiger partial charge >= 0.3 is 5.97 Å². The molecule has 0 aliphatic heterocycles. The molecule has 0 unspecified atom stereocenters. The maximum absolute atomic E-state index is 11.6. The smallest absolute Gasteiger partial charge is 0.337 e. The van der Waals surface area contributed by atoms with E-state index in [2.05, 4.69) is 0 Å². The van der Waals surface area contributed by atoms with E-state index < -0.39 is 5.97 Å². The van der Waals surface area contributed by atoms with Crippen LogP contribution in [0, 0.1) is 0 Å². The molecule has 0 heterocycles. The van der Waals surface area contributed by atoms with Crippen molar-refractivity contribution >= 4 is 17.6 Å². The standard InChI is InChI=1S/C17H17ClO4/c1-3-21-16-10-13(17(19)20-2)6-9-15(16)22-11-12-4-7-14(18)8-5-12/h4-10H,3,11H2,1-2H3. The third-order valence-corrected chi connectivity index (χ3v) is 3.22. The fourth-order valence-corrected chi connectivity index (χ4v) is 2.01. The Hall–Kier alpha value is -2.20. The van der Waals surface area contributed by atoms with E-state index in [1.54, 1.807) is 18.2 Å². The van der Waals surface area contributed by atoms with Crippen LogP contribution >= 0.6 is 11.6 Å². The highest BCUT2D eigenvalue weighted by molar-refractivity contribution is 6.30. The van der Waals surface area contributed by atoms with Crippen LogP contribution in [0.4, 0.5) is 0 Å². The lowest BCUT2D eigenvalue weighted by Gasteiger charge is -2.13. The van der Waals surface area contributed by atoms with Gasteiger partial charge in [0, 0.05) is 5.02 Å². The molecule has 5 heteroatoms. The first-order chi connectivity index (χ1) is 10.6. The van der Waals surface area contributed by atoms with Crippen LogP contribution in [0.1, 0.15) is 22.8 Å². The van der Waals surface area contributed by atoms with Gasteiger partial charge in [0.05, 0.1) is 19.3 Å². The summed E-state index contributed by atoms with van der Waals surface area (Å²) in [7, 11) is 1.34. The van der Waals surface area contributed by atoms with Crippen molar-refractivity contribution in [3.63, 3.8) is 0 Å². The van der Waals surface area contributed by atoms with Gasteiger partial charge in [0.2, 0.25) is 0 Å². The summed E-state index contributed by atoms with van der Waals surface area (Å²) in [5.41, 5.74) is 1.41. The topological polar surface area (TPSA) is 44.8 Å². The Balaban J connectivity index is 2.15. The van der Waals surface area contributed by atoms with Gasteiger partial charge in [-0.25, -0.2) is 4.79 Å². The third kappa shape index (κ3) is 4.15. The van der Waals surface area contributed by atoms with Gasteiger partial charge in [-0.15, -0.1) is 0 Å². The Morgan fingerprint density at radius 2 is 1.77 bits per heavy atom. The minimum Gasteiger partial charge on any atom is -0.490 e. The van der Waals surface area contributed by atoms with Crippen LogP contribution in [0.25, 0.3) is 0 Å². The zero-order valence-corrected chi connectivity index (χ0v) is 13.2. The molecule has 0 saturated carbocycles. The van der Waals surface area contributed by atoms with Crippen molar-refractivity contribution in [2.45, 2.75) is 13.5 Å². The molecule has 0 atom stereocenters. The molecular weight excluding hydrogens is 304 g/mol. The molecule has 0 fully saturated rings. The van der Waals surface area contributed by atoms with Crippen LogP contribution in [-0.4, -0.2) is 19.7 Å². The maximum Gasteiger partial charge on any atom is 0.337 e. The number of esters is 1. The van der Waals surface area contributed by atoms with Crippen molar-refractivity contribution in [3.05, 3.63) is 58.6 Å². The second-order valence-corrected chi connectivity index (χ2v) is 4.94. The fourth-order valence-electron chi connectivity index (χ4n) is 1.88. The van der Waals surface area contributed by atoms with Gasteiger partial charge in [-0.1, -0.05) is 23.7 Å². The minimum atomic E-state index is -0.412. The van der Waals surface area contributed by atoms with Crippen LogP contribution in [0.5, 0.6) is 11.5 Å². The Kier molecular flexibility index (Phi) is 5.67. The number of hydrogen-bond acceptors (Lipinski definition) is 4. The van der Waals surface area contributed by atoms with Gasteiger partial charge in [-0.2, -0.15) is 0 Å². The summed E-state index contributed by atoms with van der Waals surface area (Å²) in [6, 6.07) is 12.4. The van der Waals surface area contributed by atoms with Gasteiger partial charge in [0.1, 0.15) is 6.61 Å². The van der Waals surface area contributed by atoms with Crippen LogP contribution in [0.3, 0.4) is 0 Å². The van der Waals surface area contributed by atoms with Crippen LogP contribution in [0.15, 0.2) is 42.5 Å². The van der Waals surface area contributed by atoms with Gasteiger partial charge in [0.25, 0.3) is 0 Å². The van der Waals surface area contributed by atoms with Crippen molar-refractivity contribution in [1.82, 2.24) is 0 Å². The van der Waals surface area contributed by atoms with E-state index in [9.17, 15) is 4.79 Å². The Bertz CT molecular complexity index is 638.